The number of halogens is 3. The highest BCUT2D eigenvalue weighted by atomic mass is 19.4. The summed E-state index contributed by atoms with van der Waals surface area (Å²) < 4.78 is 40.9. The molecular weight excluding hydrogens is 413 g/mol. The number of amides is 1. The molecule has 32 heavy (non-hydrogen) atoms. The molecule has 4 rings (SSSR count). The van der Waals surface area contributed by atoms with Crippen LogP contribution in [0.2, 0.25) is 0 Å². The number of hydrogen-bond donors (Lipinski definition) is 1. The fourth-order valence-corrected chi connectivity index (χ4v) is 4.28. The monoisotopic (exact) mass is 438 g/mol. The van der Waals surface area contributed by atoms with Crippen molar-refractivity contribution < 1.29 is 18.0 Å². The number of carbonyl (C=O) groups is 1. The van der Waals surface area contributed by atoms with Gasteiger partial charge in [0.15, 0.2) is 0 Å². The molecule has 3 nitrogen and oxygen atoms in total. The van der Waals surface area contributed by atoms with Gasteiger partial charge in [-0.1, -0.05) is 50.1 Å². The van der Waals surface area contributed by atoms with E-state index in [-0.39, 0.29) is 0 Å². The van der Waals surface area contributed by atoms with E-state index in [4.69, 9.17) is 5.73 Å². The van der Waals surface area contributed by atoms with Crippen LogP contribution in [-0.4, -0.2) is 10.5 Å². The van der Waals surface area contributed by atoms with Crippen LogP contribution in [0, 0.1) is 0 Å². The zero-order valence-electron chi connectivity index (χ0n) is 17.9. The van der Waals surface area contributed by atoms with Crippen molar-refractivity contribution in [1.29, 1.82) is 0 Å². The summed E-state index contributed by atoms with van der Waals surface area (Å²) in [5, 5.41) is 1.70. The van der Waals surface area contributed by atoms with Gasteiger partial charge in [-0.15, -0.1) is 0 Å². The lowest BCUT2D eigenvalue weighted by Gasteiger charge is -2.11. The lowest BCUT2D eigenvalue weighted by molar-refractivity contribution is -0.137. The van der Waals surface area contributed by atoms with Crippen molar-refractivity contribution >= 4 is 27.7 Å². The molecule has 0 saturated heterocycles. The molecule has 0 spiro atoms. The second-order valence-corrected chi connectivity index (χ2v) is 8.15. The van der Waals surface area contributed by atoms with Crippen LogP contribution in [0.15, 0.2) is 60.7 Å². The van der Waals surface area contributed by atoms with Gasteiger partial charge in [-0.05, 0) is 54.3 Å². The number of aryl methyl sites for hydroxylation is 1. The molecule has 0 aliphatic carbocycles. The molecule has 0 fully saturated rings. The molecule has 0 radical (unpaired) electrons. The van der Waals surface area contributed by atoms with Crippen molar-refractivity contribution in [2.75, 3.05) is 0 Å². The summed E-state index contributed by atoms with van der Waals surface area (Å²) in [5.74, 6) is -0.504. The Kier molecular flexibility index (Phi) is 5.96. The minimum Gasteiger partial charge on any atom is -0.366 e. The zero-order valence-corrected chi connectivity index (χ0v) is 17.9. The number of alkyl halides is 3. The first kappa shape index (κ1) is 21.9. The van der Waals surface area contributed by atoms with Gasteiger partial charge in [-0.2, -0.15) is 13.2 Å². The second kappa shape index (κ2) is 8.69. The molecule has 0 unspecified atom stereocenters. The van der Waals surface area contributed by atoms with E-state index < -0.39 is 17.6 Å². The van der Waals surface area contributed by atoms with Gasteiger partial charge in [0.1, 0.15) is 0 Å². The maximum Gasteiger partial charge on any atom is 0.416 e. The fraction of sp³-hybridized carbons (Fsp3) is 0.269. The molecule has 1 amide bonds. The van der Waals surface area contributed by atoms with Gasteiger partial charge in [0.2, 0.25) is 5.91 Å². The van der Waals surface area contributed by atoms with Crippen molar-refractivity contribution in [2.24, 2.45) is 5.73 Å². The number of benzene rings is 3. The highest BCUT2D eigenvalue weighted by molar-refractivity contribution is 6.18. The van der Waals surface area contributed by atoms with E-state index in [9.17, 15) is 18.0 Å². The Morgan fingerprint density at radius 2 is 1.66 bits per heavy atom. The molecule has 1 aromatic heterocycles. The summed E-state index contributed by atoms with van der Waals surface area (Å²) >= 11 is 0. The van der Waals surface area contributed by atoms with E-state index in [2.05, 4.69) is 23.6 Å². The first-order chi connectivity index (χ1) is 15.3. The number of hydrogen-bond acceptors (Lipinski definition) is 1. The average Bonchev–Trinajstić information content (AvgIpc) is 3.07. The Balaban J connectivity index is 1.85. The van der Waals surface area contributed by atoms with Gasteiger partial charge in [-0.3, -0.25) is 4.79 Å². The molecule has 0 aliphatic rings. The van der Waals surface area contributed by atoms with Crippen LogP contribution in [0.4, 0.5) is 13.2 Å². The number of carbonyl (C=O) groups excluding carboxylic acids is 1. The first-order valence-electron chi connectivity index (χ1n) is 10.8. The largest absolute Gasteiger partial charge is 0.416 e. The zero-order chi connectivity index (χ0) is 22.9. The third-order valence-electron chi connectivity index (χ3n) is 5.91. The summed E-state index contributed by atoms with van der Waals surface area (Å²) in [6.07, 6.45) is -0.0338. The molecule has 1 heterocycles. The number of aromatic nitrogens is 1. The smallest absolute Gasteiger partial charge is 0.366 e. The van der Waals surface area contributed by atoms with Gasteiger partial charge in [-0.25, -0.2) is 0 Å². The minimum absolute atomic E-state index is 0.388. The fourth-order valence-electron chi connectivity index (χ4n) is 4.28. The first-order valence-corrected chi connectivity index (χ1v) is 10.8. The average molecular weight is 438 g/mol. The van der Waals surface area contributed by atoms with E-state index in [1.54, 1.807) is 12.1 Å². The normalized spacial score (nSPS) is 12.0. The highest BCUT2D eigenvalue weighted by Gasteiger charge is 2.30. The second-order valence-electron chi connectivity index (χ2n) is 8.15. The predicted molar refractivity (Wildman–Crippen MR) is 122 cm³/mol. The standard InChI is InChI=1S/C26H25F3N2O/c1-2-3-4-6-17-11-14-20-23(15-17)31(22-8-5-7-21(24(20)22)25(30)32)16-18-9-12-19(13-10-18)26(27,28)29/h5,7-15H,2-4,6,16H2,1H3,(H2,30,32). The summed E-state index contributed by atoms with van der Waals surface area (Å²) in [6.45, 7) is 2.55. The molecular formula is C26H25F3N2O. The minimum atomic E-state index is -4.37. The molecule has 0 atom stereocenters. The molecule has 0 bridgehead atoms. The van der Waals surface area contributed by atoms with Gasteiger partial charge >= 0.3 is 6.18 Å². The molecule has 0 saturated carbocycles. The molecule has 3 aromatic carbocycles. The maximum absolute atomic E-state index is 13.0. The lowest BCUT2D eigenvalue weighted by Crippen LogP contribution is -2.11. The van der Waals surface area contributed by atoms with Crippen molar-refractivity contribution in [2.45, 2.75) is 45.3 Å². The van der Waals surface area contributed by atoms with Crippen LogP contribution in [0.5, 0.6) is 0 Å². The van der Waals surface area contributed by atoms with Crippen LogP contribution in [-0.2, 0) is 19.1 Å². The topological polar surface area (TPSA) is 48.0 Å². The van der Waals surface area contributed by atoms with Gasteiger partial charge in [0.05, 0.1) is 11.1 Å². The summed E-state index contributed by atoms with van der Waals surface area (Å²) in [5.41, 5.74) is 9.15. The van der Waals surface area contributed by atoms with Crippen LogP contribution in [0.25, 0.3) is 21.8 Å². The van der Waals surface area contributed by atoms with Crippen LogP contribution < -0.4 is 5.73 Å². The van der Waals surface area contributed by atoms with Crippen molar-refractivity contribution in [1.82, 2.24) is 4.57 Å². The number of primary amides is 1. The Hall–Kier alpha value is -3.28. The predicted octanol–water partition coefficient (Wildman–Crippen LogP) is 6.69. The summed E-state index contributed by atoms with van der Waals surface area (Å²) in [4.78, 5) is 12.1. The number of rotatable bonds is 7. The van der Waals surface area contributed by atoms with Crippen molar-refractivity contribution in [3.63, 3.8) is 0 Å². The SMILES string of the molecule is CCCCCc1ccc2c3c(C(N)=O)cccc3n(Cc3ccc(C(F)(F)F)cc3)c2c1. The number of fused-ring (bicyclic) bond motifs is 3. The molecule has 2 N–H and O–H groups in total. The van der Waals surface area contributed by atoms with Gasteiger partial charge in [0.25, 0.3) is 0 Å². The van der Waals surface area contributed by atoms with Crippen molar-refractivity contribution in [3.8, 4) is 0 Å². The molecule has 4 aromatic rings. The van der Waals surface area contributed by atoms with Crippen LogP contribution >= 0.6 is 0 Å². The Bertz CT molecular complexity index is 1270. The van der Waals surface area contributed by atoms with Crippen LogP contribution in [0.1, 0.15) is 53.2 Å². The third-order valence-corrected chi connectivity index (χ3v) is 5.91. The Labute approximate surface area is 184 Å². The number of unbranched alkanes of at least 4 members (excludes halogenated alkanes) is 2. The van der Waals surface area contributed by atoms with Crippen molar-refractivity contribution in [3.05, 3.63) is 82.9 Å². The van der Waals surface area contributed by atoms with E-state index in [1.807, 2.05) is 12.1 Å². The van der Waals surface area contributed by atoms with E-state index in [0.29, 0.717) is 12.1 Å². The van der Waals surface area contributed by atoms with E-state index in [0.717, 1.165) is 65.2 Å². The lowest BCUT2D eigenvalue weighted by atomic mass is 10.0. The van der Waals surface area contributed by atoms with E-state index >= 15 is 0 Å². The maximum atomic E-state index is 13.0. The van der Waals surface area contributed by atoms with Gasteiger partial charge in [0, 0.05) is 28.4 Å². The molecule has 166 valence electrons. The summed E-state index contributed by atoms with van der Waals surface area (Å²) in [6, 6.07) is 16.9. The molecule has 0 aliphatic heterocycles. The number of nitrogens with zero attached hydrogens (tertiary/aromatic N) is 1. The van der Waals surface area contributed by atoms with Gasteiger partial charge < -0.3 is 10.3 Å². The quantitative estimate of drug-likeness (QED) is 0.321. The number of nitrogens with two attached hydrogens (primary N) is 1. The third kappa shape index (κ3) is 4.22. The van der Waals surface area contributed by atoms with Crippen LogP contribution in [0.3, 0.4) is 0 Å². The molecule has 6 heteroatoms. The summed E-state index contributed by atoms with van der Waals surface area (Å²) in [7, 11) is 0. The Morgan fingerprint density at radius 1 is 0.938 bits per heavy atom. The Morgan fingerprint density at radius 3 is 2.31 bits per heavy atom. The highest BCUT2D eigenvalue weighted by Crippen LogP contribution is 2.34. The van der Waals surface area contributed by atoms with E-state index in [1.165, 1.54) is 17.7 Å².